The van der Waals surface area contributed by atoms with Crippen LogP contribution < -0.4 is 0 Å². The first kappa shape index (κ1) is 7.32. The van der Waals surface area contributed by atoms with E-state index < -0.39 is 0 Å². The molecular formula is C5H8Cl2. The molecule has 0 heterocycles. The molecule has 0 fully saturated rings. The SMILES string of the molecule is CC(C)C(Cl)=CCl. The van der Waals surface area contributed by atoms with Crippen molar-refractivity contribution < 1.29 is 0 Å². The maximum absolute atomic E-state index is 5.53. The van der Waals surface area contributed by atoms with Gasteiger partial charge in [0.15, 0.2) is 0 Å². The topological polar surface area (TPSA) is 0 Å². The third-order valence-electron chi connectivity index (χ3n) is 0.656. The highest BCUT2D eigenvalue weighted by Crippen LogP contribution is 2.13. The van der Waals surface area contributed by atoms with Crippen molar-refractivity contribution in [2.45, 2.75) is 13.8 Å². The minimum absolute atomic E-state index is 0.360. The molecule has 0 rings (SSSR count). The molecule has 0 aromatic heterocycles. The first-order chi connectivity index (χ1) is 3.18. The van der Waals surface area contributed by atoms with Crippen LogP contribution in [0.1, 0.15) is 13.8 Å². The second kappa shape index (κ2) is 3.34. The summed E-state index contributed by atoms with van der Waals surface area (Å²) < 4.78 is 0. The lowest BCUT2D eigenvalue weighted by molar-refractivity contribution is 0.815. The number of rotatable bonds is 1. The zero-order chi connectivity index (χ0) is 5.86. The Balaban J connectivity index is 3.56. The van der Waals surface area contributed by atoms with Gasteiger partial charge in [-0.05, 0) is 5.92 Å². The molecule has 0 nitrogen and oxygen atoms in total. The molecule has 42 valence electrons. The summed E-state index contributed by atoms with van der Waals surface area (Å²) in [6, 6.07) is 0. The van der Waals surface area contributed by atoms with Crippen LogP contribution in [0, 0.1) is 5.92 Å². The standard InChI is InChI=1S/C5H8Cl2/c1-4(2)5(7)3-6/h3-4H,1-2H3. The zero-order valence-corrected chi connectivity index (χ0v) is 5.92. The summed E-state index contributed by atoms with van der Waals surface area (Å²) in [5.74, 6) is 0.360. The second-order valence-corrected chi connectivity index (χ2v) is 2.30. The van der Waals surface area contributed by atoms with E-state index >= 15 is 0 Å². The minimum Gasteiger partial charge on any atom is -0.0917 e. The van der Waals surface area contributed by atoms with Crippen molar-refractivity contribution in [3.63, 3.8) is 0 Å². The molecule has 0 aliphatic carbocycles. The Labute approximate surface area is 54.1 Å². The summed E-state index contributed by atoms with van der Waals surface area (Å²) in [4.78, 5) is 0. The molecule has 0 spiro atoms. The molecule has 0 amide bonds. The molecule has 0 aromatic carbocycles. The maximum atomic E-state index is 5.53. The van der Waals surface area contributed by atoms with Crippen LogP contribution in [0.4, 0.5) is 0 Å². The van der Waals surface area contributed by atoms with E-state index in [9.17, 15) is 0 Å². The van der Waals surface area contributed by atoms with Gasteiger partial charge in [0.2, 0.25) is 0 Å². The number of halogens is 2. The summed E-state index contributed by atoms with van der Waals surface area (Å²) in [6.45, 7) is 3.97. The van der Waals surface area contributed by atoms with Crippen molar-refractivity contribution in [3.8, 4) is 0 Å². The summed E-state index contributed by atoms with van der Waals surface area (Å²) in [6.07, 6.45) is 0. The van der Waals surface area contributed by atoms with E-state index in [-0.39, 0.29) is 0 Å². The predicted molar refractivity (Wildman–Crippen MR) is 34.6 cm³/mol. The number of allylic oxidation sites excluding steroid dienone is 1. The number of hydrogen-bond donors (Lipinski definition) is 0. The monoisotopic (exact) mass is 138 g/mol. The van der Waals surface area contributed by atoms with Crippen LogP contribution in [0.3, 0.4) is 0 Å². The van der Waals surface area contributed by atoms with E-state index in [1.165, 1.54) is 5.54 Å². The van der Waals surface area contributed by atoms with Crippen molar-refractivity contribution in [2.24, 2.45) is 5.92 Å². The molecule has 0 aliphatic rings. The normalized spacial score (nSPS) is 13.0. The molecule has 0 saturated carbocycles. The van der Waals surface area contributed by atoms with E-state index in [0.29, 0.717) is 11.0 Å². The van der Waals surface area contributed by atoms with Crippen molar-refractivity contribution in [1.29, 1.82) is 0 Å². The van der Waals surface area contributed by atoms with Gasteiger partial charge in [0.1, 0.15) is 0 Å². The van der Waals surface area contributed by atoms with Gasteiger partial charge in [-0.2, -0.15) is 0 Å². The summed E-state index contributed by atoms with van der Waals surface area (Å²) in [5, 5.41) is 0.710. The lowest BCUT2D eigenvalue weighted by Crippen LogP contribution is -1.82. The minimum atomic E-state index is 0.360. The van der Waals surface area contributed by atoms with Gasteiger partial charge in [0, 0.05) is 10.6 Å². The lowest BCUT2D eigenvalue weighted by Gasteiger charge is -1.96. The fourth-order valence-electron chi connectivity index (χ4n) is 0.126. The number of hydrogen-bond acceptors (Lipinski definition) is 0. The summed E-state index contributed by atoms with van der Waals surface area (Å²) >= 11 is 10.8. The highest BCUT2D eigenvalue weighted by Gasteiger charge is 1.94. The molecule has 2 heteroatoms. The van der Waals surface area contributed by atoms with E-state index in [0.717, 1.165) is 0 Å². The van der Waals surface area contributed by atoms with E-state index in [2.05, 4.69) is 0 Å². The van der Waals surface area contributed by atoms with Crippen LogP contribution in [-0.4, -0.2) is 0 Å². The summed E-state index contributed by atoms with van der Waals surface area (Å²) in [5.41, 5.74) is 1.40. The van der Waals surface area contributed by atoms with Crippen LogP contribution in [0.15, 0.2) is 10.6 Å². The van der Waals surface area contributed by atoms with Crippen molar-refractivity contribution in [3.05, 3.63) is 10.6 Å². The fraction of sp³-hybridized carbons (Fsp3) is 0.600. The first-order valence-corrected chi connectivity index (χ1v) is 2.95. The third-order valence-corrected chi connectivity index (χ3v) is 1.55. The van der Waals surface area contributed by atoms with Gasteiger partial charge in [0.05, 0.1) is 0 Å². The third kappa shape index (κ3) is 2.95. The predicted octanol–water partition coefficient (Wildman–Crippen LogP) is 2.96. The van der Waals surface area contributed by atoms with Crippen LogP contribution in [0.2, 0.25) is 0 Å². The van der Waals surface area contributed by atoms with Gasteiger partial charge < -0.3 is 0 Å². The molecule has 0 saturated heterocycles. The van der Waals surface area contributed by atoms with Crippen LogP contribution in [0.25, 0.3) is 0 Å². The van der Waals surface area contributed by atoms with Crippen molar-refractivity contribution in [1.82, 2.24) is 0 Å². The van der Waals surface area contributed by atoms with Crippen LogP contribution in [-0.2, 0) is 0 Å². The molecular weight excluding hydrogens is 131 g/mol. The van der Waals surface area contributed by atoms with E-state index in [1.54, 1.807) is 0 Å². The van der Waals surface area contributed by atoms with Crippen molar-refractivity contribution >= 4 is 23.2 Å². The Morgan fingerprint density at radius 2 is 2.00 bits per heavy atom. The van der Waals surface area contributed by atoms with Gasteiger partial charge in [0.25, 0.3) is 0 Å². The fourth-order valence-corrected chi connectivity index (χ4v) is 0.378. The Hall–Kier alpha value is 0.320. The van der Waals surface area contributed by atoms with Crippen LogP contribution in [0.5, 0.6) is 0 Å². The largest absolute Gasteiger partial charge is 0.0917 e. The Kier molecular flexibility index (Phi) is 3.49. The second-order valence-electron chi connectivity index (χ2n) is 1.65. The molecule has 0 atom stereocenters. The van der Waals surface area contributed by atoms with Crippen molar-refractivity contribution in [2.75, 3.05) is 0 Å². The quantitative estimate of drug-likeness (QED) is 0.523. The molecule has 0 bridgehead atoms. The highest BCUT2D eigenvalue weighted by molar-refractivity contribution is 6.36. The molecule has 0 aliphatic heterocycles. The average molecular weight is 139 g/mol. The molecule has 0 aromatic rings. The highest BCUT2D eigenvalue weighted by atomic mass is 35.5. The van der Waals surface area contributed by atoms with Gasteiger partial charge in [-0.3, -0.25) is 0 Å². The smallest absolute Gasteiger partial charge is 0.0319 e. The summed E-state index contributed by atoms with van der Waals surface area (Å²) in [7, 11) is 0. The molecule has 0 radical (unpaired) electrons. The molecule has 0 N–H and O–H groups in total. The van der Waals surface area contributed by atoms with E-state index in [4.69, 9.17) is 23.2 Å². The van der Waals surface area contributed by atoms with Gasteiger partial charge in [-0.1, -0.05) is 37.0 Å². The maximum Gasteiger partial charge on any atom is 0.0319 e. The lowest BCUT2D eigenvalue weighted by atomic mass is 10.2. The molecule has 7 heavy (non-hydrogen) atoms. The Morgan fingerprint density at radius 1 is 1.57 bits per heavy atom. The molecule has 0 unspecified atom stereocenters. The van der Waals surface area contributed by atoms with Crippen LogP contribution >= 0.6 is 23.2 Å². The van der Waals surface area contributed by atoms with Gasteiger partial charge in [-0.15, -0.1) is 0 Å². The Morgan fingerprint density at radius 3 is 2.00 bits per heavy atom. The Bertz CT molecular complexity index is 74.1. The van der Waals surface area contributed by atoms with Gasteiger partial charge >= 0.3 is 0 Å². The zero-order valence-electron chi connectivity index (χ0n) is 4.41. The van der Waals surface area contributed by atoms with Gasteiger partial charge in [-0.25, -0.2) is 0 Å². The van der Waals surface area contributed by atoms with E-state index in [1.807, 2.05) is 13.8 Å². The average Bonchev–Trinajstić information content (AvgIpc) is 1.65. The first-order valence-electron chi connectivity index (χ1n) is 2.14.